The van der Waals surface area contributed by atoms with Gasteiger partial charge in [0.05, 0.1) is 24.4 Å². The van der Waals surface area contributed by atoms with Gasteiger partial charge in [-0.25, -0.2) is 9.10 Å². The van der Waals surface area contributed by atoms with Gasteiger partial charge >= 0.3 is 6.03 Å². The van der Waals surface area contributed by atoms with Crippen molar-refractivity contribution in [3.05, 3.63) is 0 Å². The third-order valence-corrected chi connectivity index (χ3v) is 13.5. The summed E-state index contributed by atoms with van der Waals surface area (Å²) in [4.78, 5) is 12.5. The van der Waals surface area contributed by atoms with E-state index in [1.807, 2.05) is 0 Å². The molecule has 40 heavy (non-hydrogen) atoms. The van der Waals surface area contributed by atoms with E-state index in [0.717, 1.165) is 45.2 Å². The summed E-state index contributed by atoms with van der Waals surface area (Å²) >= 11 is 1.39. The lowest BCUT2D eigenvalue weighted by atomic mass is 9.41. The predicted octanol–water partition coefficient (Wildman–Crippen LogP) is 5.61. The molecular weight excluding hydrogens is 522 g/mol. The molecule has 0 bridgehead atoms. The molecule has 13 atom stereocenters. The first-order chi connectivity index (χ1) is 19.0. The third-order valence-electron chi connectivity index (χ3n) is 12.7. The summed E-state index contributed by atoms with van der Waals surface area (Å²) < 4.78 is 10.9. The van der Waals surface area contributed by atoms with E-state index in [4.69, 9.17) is 4.74 Å². The summed E-state index contributed by atoms with van der Waals surface area (Å²) in [6, 6.07) is -0.114. The molecule has 1 heterocycles. The number of rotatable bonds is 7. The maximum absolute atomic E-state index is 12.5. The summed E-state index contributed by atoms with van der Waals surface area (Å²) in [5.41, 5.74) is 0.514. The van der Waals surface area contributed by atoms with Crippen LogP contribution in [0.15, 0.2) is 0 Å². The minimum Gasteiger partial charge on any atom is -0.393 e. The lowest BCUT2D eigenvalue weighted by Gasteiger charge is -2.64. The molecule has 7 nitrogen and oxygen atoms in total. The Labute approximate surface area is 247 Å². The average Bonchev–Trinajstić information content (AvgIpc) is 3.25. The van der Waals surface area contributed by atoms with E-state index in [2.05, 4.69) is 55.9 Å². The van der Waals surface area contributed by atoms with Crippen LogP contribution in [-0.4, -0.2) is 64.6 Å². The third kappa shape index (κ3) is 5.70. The van der Waals surface area contributed by atoms with Gasteiger partial charge in [-0.1, -0.05) is 34.1 Å². The zero-order valence-corrected chi connectivity index (χ0v) is 26.7. The average molecular weight is 580 g/mol. The van der Waals surface area contributed by atoms with Crippen molar-refractivity contribution in [3.63, 3.8) is 0 Å². The summed E-state index contributed by atoms with van der Waals surface area (Å²) in [7, 11) is 0. The molecular formula is C32H57N3O4S. The molecule has 4 N–H and O–H groups in total. The second kappa shape index (κ2) is 12.2. The van der Waals surface area contributed by atoms with Gasteiger partial charge in [0.15, 0.2) is 0 Å². The van der Waals surface area contributed by atoms with Crippen LogP contribution < -0.4 is 10.0 Å². The number of nitrogens with zero attached hydrogens (tertiary/aromatic N) is 1. The molecule has 5 rings (SSSR count). The van der Waals surface area contributed by atoms with Crippen LogP contribution in [0.5, 0.6) is 0 Å². The fraction of sp³-hybridized carbons (Fsp3) is 0.969. The molecule has 5 aliphatic rings. The van der Waals surface area contributed by atoms with Gasteiger partial charge in [0, 0.05) is 31.8 Å². The SMILES string of the molecule is CC[C@H]1[C@@H](O)[C@@H]2[C@H](CC[C@]3(C)[C@@H]([C@H](C)CCNC(=O)NSN4C[C@@H](C)O[C@@H](C)C4)CC[C@@H]23)[C@@]2(C)CC[C@@H](O)C[C@@H]12. The second-order valence-electron chi connectivity index (χ2n) is 14.9. The number of morpholine rings is 1. The van der Waals surface area contributed by atoms with Gasteiger partial charge in [0.1, 0.15) is 0 Å². The number of carbonyl (C=O) groups is 1. The van der Waals surface area contributed by atoms with Crippen LogP contribution in [0, 0.1) is 52.3 Å². The van der Waals surface area contributed by atoms with Crippen LogP contribution in [-0.2, 0) is 4.74 Å². The Hall–Kier alpha value is -0.540. The first-order valence-corrected chi connectivity index (χ1v) is 17.2. The molecule has 0 unspecified atom stereocenters. The molecule has 4 saturated carbocycles. The summed E-state index contributed by atoms with van der Waals surface area (Å²) in [6.45, 7) is 16.1. The predicted molar refractivity (Wildman–Crippen MR) is 161 cm³/mol. The number of carbonyl (C=O) groups excluding carboxylic acids is 1. The van der Waals surface area contributed by atoms with Crippen LogP contribution in [0.25, 0.3) is 0 Å². The van der Waals surface area contributed by atoms with Gasteiger partial charge < -0.3 is 20.3 Å². The maximum atomic E-state index is 12.5. The molecule has 8 heteroatoms. The van der Waals surface area contributed by atoms with Gasteiger partial charge in [-0.3, -0.25) is 4.72 Å². The fourth-order valence-electron chi connectivity index (χ4n) is 10.9. The lowest BCUT2D eigenvalue weighted by Crippen LogP contribution is -2.62. The summed E-state index contributed by atoms with van der Waals surface area (Å²) in [6.07, 6.45) is 9.77. The molecule has 0 aromatic rings. The first-order valence-electron chi connectivity index (χ1n) is 16.4. The summed E-state index contributed by atoms with van der Waals surface area (Å²) in [5.74, 6) is 3.49. The van der Waals surface area contributed by atoms with E-state index in [-0.39, 0.29) is 41.3 Å². The zero-order valence-electron chi connectivity index (χ0n) is 25.9. The molecule has 230 valence electrons. The van der Waals surface area contributed by atoms with E-state index in [9.17, 15) is 15.0 Å². The smallest absolute Gasteiger partial charge is 0.325 e. The number of aliphatic hydroxyl groups excluding tert-OH is 2. The fourth-order valence-corrected chi connectivity index (χ4v) is 11.7. The minimum absolute atomic E-state index is 0.114. The Bertz CT molecular complexity index is 884. The molecule has 1 aliphatic heterocycles. The van der Waals surface area contributed by atoms with Crippen molar-refractivity contribution < 1.29 is 19.7 Å². The number of amides is 2. The number of ether oxygens (including phenoxy) is 1. The van der Waals surface area contributed by atoms with Crippen molar-refractivity contribution in [1.82, 2.24) is 14.3 Å². The summed E-state index contributed by atoms with van der Waals surface area (Å²) in [5, 5.41) is 25.6. The number of urea groups is 1. The molecule has 1 saturated heterocycles. The number of aliphatic hydroxyl groups is 2. The van der Waals surface area contributed by atoms with Crippen molar-refractivity contribution >= 4 is 18.2 Å². The highest BCUT2D eigenvalue weighted by molar-refractivity contribution is 7.95. The largest absolute Gasteiger partial charge is 0.393 e. The van der Waals surface area contributed by atoms with Crippen LogP contribution >= 0.6 is 12.1 Å². The normalized spacial score (nSPS) is 48.0. The highest BCUT2D eigenvalue weighted by Crippen LogP contribution is 2.69. The van der Waals surface area contributed by atoms with Crippen molar-refractivity contribution in [3.8, 4) is 0 Å². The molecule has 0 aromatic carbocycles. The topological polar surface area (TPSA) is 94.1 Å². The van der Waals surface area contributed by atoms with Crippen molar-refractivity contribution in [2.45, 2.75) is 124 Å². The van der Waals surface area contributed by atoms with E-state index in [1.165, 1.54) is 37.8 Å². The molecule has 0 aromatic heterocycles. The number of fused-ring (bicyclic) bond motifs is 5. The number of hydrogen-bond donors (Lipinski definition) is 4. The molecule has 4 aliphatic carbocycles. The van der Waals surface area contributed by atoms with Crippen LogP contribution in [0.2, 0.25) is 0 Å². The van der Waals surface area contributed by atoms with E-state index < -0.39 is 0 Å². The monoisotopic (exact) mass is 579 g/mol. The Morgan fingerprint density at radius 1 is 1.02 bits per heavy atom. The van der Waals surface area contributed by atoms with Crippen molar-refractivity contribution in [1.29, 1.82) is 0 Å². The van der Waals surface area contributed by atoms with Gasteiger partial charge in [0.25, 0.3) is 0 Å². The molecule has 5 fully saturated rings. The Morgan fingerprint density at radius 2 is 1.70 bits per heavy atom. The van der Waals surface area contributed by atoms with Crippen molar-refractivity contribution in [2.24, 2.45) is 52.3 Å². The quantitative estimate of drug-likeness (QED) is 0.293. The zero-order chi connectivity index (χ0) is 28.8. The van der Waals surface area contributed by atoms with E-state index in [0.29, 0.717) is 48.0 Å². The Balaban J connectivity index is 1.17. The lowest BCUT2D eigenvalue weighted by molar-refractivity contribution is -0.203. The number of hydrogen-bond acceptors (Lipinski definition) is 6. The highest BCUT2D eigenvalue weighted by Gasteiger charge is 2.64. The maximum Gasteiger partial charge on any atom is 0.325 e. The minimum atomic E-state index is -0.239. The molecule has 0 spiro atoms. The van der Waals surface area contributed by atoms with Crippen LogP contribution in [0.3, 0.4) is 0 Å². The van der Waals surface area contributed by atoms with Gasteiger partial charge in [-0.2, -0.15) is 0 Å². The van der Waals surface area contributed by atoms with Gasteiger partial charge in [0.2, 0.25) is 0 Å². The first kappa shape index (κ1) is 30.9. The van der Waals surface area contributed by atoms with Gasteiger partial charge in [-0.15, -0.1) is 0 Å². The van der Waals surface area contributed by atoms with Crippen LogP contribution in [0.1, 0.15) is 99.3 Å². The molecule has 0 radical (unpaired) electrons. The Morgan fingerprint density at radius 3 is 2.40 bits per heavy atom. The van der Waals surface area contributed by atoms with Crippen LogP contribution in [0.4, 0.5) is 4.79 Å². The Kier molecular flexibility index (Phi) is 9.44. The molecule has 2 amide bonds. The van der Waals surface area contributed by atoms with Gasteiger partial charge in [-0.05, 0) is 117 Å². The van der Waals surface area contributed by atoms with E-state index in [1.54, 1.807) is 0 Å². The number of nitrogens with one attached hydrogen (secondary N) is 2. The van der Waals surface area contributed by atoms with Crippen molar-refractivity contribution in [2.75, 3.05) is 19.6 Å². The second-order valence-corrected chi connectivity index (χ2v) is 15.8. The highest BCUT2D eigenvalue weighted by atomic mass is 32.2. The standard InChI is InChI=1S/C32H57N3O4S/c1-7-23-27-16-22(36)10-13-32(27,6)26-11-14-31(5)24(8-9-25(31)28(26)29(23)37)19(2)12-15-33-30(38)34-40-35-17-20(3)39-21(4)18-35/h19-29,36-37H,7-18H2,1-6H3,(H2,33,34,38)/t19-,20-,21+,22-,23-,24-,25+,26+,27+,28+,29-,31-,32-/m1/s1. The van der Waals surface area contributed by atoms with E-state index >= 15 is 0 Å².